The molecule has 1 saturated heterocycles. The van der Waals surface area contributed by atoms with E-state index in [0.29, 0.717) is 0 Å². The maximum absolute atomic E-state index is 5.76. The Balaban J connectivity index is 1.78. The van der Waals surface area contributed by atoms with E-state index in [0.717, 1.165) is 18.6 Å². The smallest absolute Gasteiger partial charge is 0.0350 e. The molecule has 0 atom stereocenters. The van der Waals surface area contributed by atoms with E-state index in [1.807, 2.05) is 0 Å². The van der Waals surface area contributed by atoms with Crippen LogP contribution in [0.1, 0.15) is 26.7 Å². The Bertz CT molecular complexity index is 205. The van der Waals surface area contributed by atoms with Crippen molar-refractivity contribution in [3.8, 4) is 0 Å². The lowest BCUT2D eigenvalue weighted by Gasteiger charge is -2.51. The Kier molecular flexibility index (Phi) is 2.58. The molecule has 0 radical (unpaired) electrons. The van der Waals surface area contributed by atoms with Gasteiger partial charge in [-0.3, -0.25) is 9.80 Å². The number of hydrogen-bond donors (Lipinski definition) is 1. The van der Waals surface area contributed by atoms with E-state index in [9.17, 15) is 0 Å². The lowest BCUT2D eigenvalue weighted by Crippen LogP contribution is -2.66. The standard InChI is InChI=1S/C11H23N3/c1-11(2,8-12)14-6-10(7-14)13(3)9-4-5-9/h9-10H,4-8,12H2,1-3H3. The Morgan fingerprint density at radius 3 is 2.29 bits per heavy atom. The molecule has 0 amide bonds. The van der Waals surface area contributed by atoms with Crippen molar-refractivity contribution in [1.82, 2.24) is 9.80 Å². The molecule has 2 fully saturated rings. The average Bonchev–Trinajstić information content (AvgIpc) is 2.82. The molecular weight excluding hydrogens is 174 g/mol. The van der Waals surface area contributed by atoms with Crippen LogP contribution in [0.4, 0.5) is 0 Å². The van der Waals surface area contributed by atoms with Crippen molar-refractivity contribution in [2.75, 3.05) is 26.7 Å². The van der Waals surface area contributed by atoms with Crippen molar-refractivity contribution in [2.24, 2.45) is 5.73 Å². The first kappa shape index (κ1) is 10.4. The second-order valence-electron chi connectivity index (χ2n) is 5.47. The predicted octanol–water partition coefficient (Wildman–Crippen LogP) is 0.502. The highest BCUT2D eigenvalue weighted by atomic mass is 15.4. The van der Waals surface area contributed by atoms with E-state index in [4.69, 9.17) is 5.73 Å². The summed E-state index contributed by atoms with van der Waals surface area (Å²) in [5, 5.41) is 0. The van der Waals surface area contributed by atoms with Gasteiger partial charge in [-0.05, 0) is 33.7 Å². The molecule has 2 N–H and O–H groups in total. The third-order valence-electron chi connectivity index (χ3n) is 3.92. The van der Waals surface area contributed by atoms with Gasteiger partial charge in [0.15, 0.2) is 0 Å². The van der Waals surface area contributed by atoms with Crippen molar-refractivity contribution >= 4 is 0 Å². The fourth-order valence-corrected chi connectivity index (χ4v) is 2.12. The normalized spacial score (nSPS) is 25.5. The third-order valence-corrected chi connectivity index (χ3v) is 3.92. The highest BCUT2D eigenvalue weighted by Crippen LogP contribution is 2.31. The maximum Gasteiger partial charge on any atom is 0.0350 e. The van der Waals surface area contributed by atoms with Gasteiger partial charge in [-0.15, -0.1) is 0 Å². The quantitative estimate of drug-likeness (QED) is 0.712. The van der Waals surface area contributed by atoms with Gasteiger partial charge in [0, 0.05) is 37.3 Å². The van der Waals surface area contributed by atoms with E-state index in [-0.39, 0.29) is 5.54 Å². The van der Waals surface area contributed by atoms with Crippen molar-refractivity contribution in [3.63, 3.8) is 0 Å². The van der Waals surface area contributed by atoms with Gasteiger partial charge in [-0.25, -0.2) is 0 Å². The highest BCUT2D eigenvalue weighted by Gasteiger charge is 2.41. The molecule has 0 aromatic carbocycles. The van der Waals surface area contributed by atoms with Crippen LogP contribution in [0.5, 0.6) is 0 Å². The van der Waals surface area contributed by atoms with Crippen molar-refractivity contribution in [2.45, 2.75) is 44.3 Å². The van der Waals surface area contributed by atoms with E-state index in [2.05, 4.69) is 30.7 Å². The molecule has 82 valence electrons. The first-order valence-corrected chi connectivity index (χ1v) is 5.71. The zero-order chi connectivity index (χ0) is 10.3. The van der Waals surface area contributed by atoms with Gasteiger partial charge in [0.1, 0.15) is 0 Å². The summed E-state index contributed by atoms with van der Waals surface area (Å²) in [5.74, 6) is 0. The zero-order valence-electron chi connectivity index (χ0n) is 9.66. The van der Waals surface area contributed by atoms with Crippen LogP contribution in [0.15, 0.2) is 0 Å². The van der Waals surface area contributed by atoms with Gasteiger partial charge >= 0.3 is 0 Å². The molecule has 2 aliphatic rings. The van der Waals surface area contributed by atoms with Crippen LogP contribution in [0.25, 0.3) is 0 Å². The summed E-state index contributed by atoms with van der Waals surface area (Å²) >= 11 is 0. The van der Waals surface area contributed by atoms with Crippen LogP contribution >= 0.6 is 0 Å². The van der Waals surface area contributed by atoms with Crippen LogP contribution < -0.4 is 5.73 Å². The van der Waals surface area contributed by atoms with Crippen molar-refractivity contribution in [1.29, 1.82) is 0 Å². The van der Waals surface area contributed by atoms with Crippen LogP contribution in [0.2, 0.25) is 0 Å². The lowest BCUT2D eigenvalue weighted by atomic mass is 9.95. The zero-order valence-corrected chi connectivity index (χ0v) is 9.66. The second-order valence-corrected chi connectivity index (χ2v) is 5.47. The molecular formula is C11H23N3. The van der Waals surface area contributed by atoms with Gasteiger partial charge in [0.2, 0.25) is 0 Å². The van der Waals surface area contributed by atoms with Gasteiger partial charge in [0.05, 0.1) is 0 Å². The molecule has 1 heterocycles. The summed E-state index contributed by atoms with van der Waals surface area (Å²) in [6, 6.07) is 1.68. The Morgan fingerprint density at radius 2 is 1.86 bits per heavy atom. The molecule has 0 aromatic rings. The molecule has 0 bridgehead atoms. The minimum atomic E-state index is 0.195. The minimum absolute atomic E-state index is 0.195. The van der Waals surface area contributed by atoms with E-state index in [1.54, 1.807) is 0 Å². The number of hydrogen-bond acceptors (Lipinski definition) is 3. The van der Waals surface area contributed by atoms with Crippen LogP contribution in [-0.4, -0.2) is 54.1 Å². The number of rotatable bonds is 4. The molecule has 3 nitrogen and oxygen atoms in total. The summed E-state index contributed by atoms with van der Waals surface area (Å²) < 4.78 is 0. The second kappa shape index (κ2) is 3.47. The highest BCUT2D eigenvalue weighted by molar-refractivity contribution is 4.99. The summed E-state index contributed by atoms with van der Waals surface area (Å²) in [5.41, 5.74) is 5.95. The molecule has 0 spiro atoms. The van der Waals surface area contributed by atoms with E-state index >= 15 is 0 Å². The molecule has 0 aromatic heterocycles. The number of likely N-dealkylation sites (N-methyl/N-ethyl adjacent to an activating group) is 1. The van der Waals surface area contributed by atoms with E-state index in [1.165, 1.54) is 25.9 Å². The summed E-state index contributed by atoms with van der Waals surface area (Å²) in [6.45, 7) is 7.64. The van der Waals surface area contributed by atoms with Gasteiger partial charge in [0.25, 0.3) is 0 Å². The number of nitrogens with zero attached hydrogens (tertiary/aromatic N) is 2. The fraction of sp³-hybridized carbons (Fsp3) is 1.00. The van der Waals surface area contributed by atoms with Crippen LogP contribution in [0, 0.1) is 0 Å². The molecule has 14 heavy (non-hydrogen) atoms. The topological polar surface area (TPSA) is 32.5 Å². The summed E-state index contributed by atoms with van der Waals surface area (Å²) in [6.07, 6.45) is 2.82. The summed E-state index contributed by atoms with van der Waals surface area (Å²) in [7, 11) is 2.27. The van der Waals surface area contributed by atoms with Gasteiger partial charge in [-0.1, -0.05) is 0 Å². The van der Waals surface area contributed by atoms with Crippen molar-refractivity contribution < 1.29 is 0 Å². The van der Waals surface area contributed by atoms with Gasteiger partial charge < -0.3 is 5.73 Å². The molecule has 1 aliphatic heterocycles. The lowest BCUT2D eigenvalue weighted by molar-refractivity contribution is -0.0194. The maximum atomic E-state index is 5.76. The molecule has 1 aliphatic carbocycles. The Morgan fingerprint density at radius 1 is 1.29 bits per heavy atom. The fourth-order valence-electron chi connectivity index (χ4n) is 2.12. The SMILES string of the molecule is CN(C1CC1)C1CN(C(C)(C)CN)C1. The number of nitrogens with two attached hydrogens (primary N) is 1. The van der Waals surface area contributed by atoms with Gasteiger partial charge in [-0.2, -0.15) is 0 Å². The largest absolute Gasteiger partial charge is 0.329 e. The Labute approximate surface area is 87.2 Å². The molecule has 2 rings (SSSR count). The molecule has 0 unspecified atom stereocenters. The number of likely N-dealkylation sites (tertiary alicyclic amines) is 1. The predicted molar refractivity (Wildman–Crippen MR) is 59.3 cm³/mol. The summed E-state index contributed by atoms with van der Waals surface area (Å²) in [4.78, 5) is 5.06. The molecule has 1 saturated carbocycles. The molecule has 3 heteroatoms. The first-order chi connectivity index (χ1) is 6.54. The third kappa shape index (κ3) is 1.81. The van der Waals surface area contributed by atoms with Crippen LogP contribution in [-0.2, 0) is 0 Å². The van der Waals surface area contributed by atoms with Crippen LogP contribution in [0.3, 0.4) is 0 Å². The monoisotopic (exact) mass is 197 g/mol. The first-order valence-electron chi connectivity index (χ1n) is 5.71. The van der Waals surface area contributed by atoms with E-state index < -0.39 is 0 Å². The van der Waals surface area contributed by atoms with Crippen molar-refractivity contribution in [3.05, 3.63) is 0 Å². The average molecular weight is 197 g/mol. The minimum Gasteiger partial charge on any atom is -0.329 e. The Hall–Kier alpha value is -0.120.